The van der Waals surface area contributed by atoms with Gasteiger partial charge in [0.25, 0.3) is 0 Å². The van der Waals surface area contributed by atoms with E-state index in [2.05, 4.69) is 0 Å². The molecule has 0 saturated heterocycles. The lowest BCUT2D eigenvalue weighted by molar-refractivity contribution is -0.107. The minimum Gasteiger partial charge on any atom is -0.493 e. The van der Waals surface area contributed by atoms with E-state index in [4.69, 9.17) is 18.3 Å². The molecule has 4 aromatic rings. The number of aldehydes is 1. The van der Waals surface area contributed by atoms with Gasteiger partial charge >= 0.3 is 11.3 Å². The number of hydrogen-bond acceptors (Lipinski definition) is 7. The summed E-state index contributed by atoms with van der Waals surface area (Å²) < 4.78 is 21.4. The number of benzene rings is 2. The van der Waals surface area contributed by atoms with Gasteiger partial charge < -0.3 is 23.1 Å². The lowest BCUT2D eigenvalue weighted by atomic mass is 9.98. The van der Waals surface area contributed by atoms with Gasteiger partial charge in [0.2, 0.25) is 0 Å². The summed E-state index contributed by atoms with van der Waals surface area (Å²) in [7, 11) is 2.85. The first-order chi connectivity index (χ1) is 12.1. The predicted molar refractivity (Wildman–Crippen MR) is 90.1 cm³/mol. The third-order valence-electron chi connectivity index (χ3n) is 4.26. The Morgan fingerprint density at radius 1 is 0.920 bits per heavy atom. The van der Waals surface area contributed by atoms with E-state index in [0.29, 0.717) is 28.4 Å². The molecule has 7 nitrogen and oxygen atoms in total. The van der Waals surface area contributed by atoms with Gasteiger partial charge in [-0.15, -0.1) is 0 Å². The van der Waals surface area contributed by atoms with Crippen molar-refractivity contribution in [2.45, 2.75) is 6.42 Å². The zero-order chi connectivity index (χ0) is 17.7. The van der Waals surface area contributed by atoms with Crippen molar-refractivity contribution >= 4 is 39.0 Å². The Bertz CT molecular complexity index is 1250. The third kappa shape index (κ3) is 1.95. The fourth-order valence-corrected chi connectivity index (χ4v) is 3.20. The number of ether oxygens (including phenoxy) is 2. The summed E-state index contributed by atoms with van der Waals surface area (Å²) in [5.74, 6) is 0.580. The van der Waals surface area contributed by atoms with Crippen molar-refractivity contribution in [3.05, 3.63) is 44.6 Å². The van der Waals surface area contributed by atoms with Crippen LogP contribution in [-0.2, 0) is 11.2 Å². The van der Waals surface area contributed by atoms with Crippen LogP contribution in [0.4, 0.5) is 0 Å². The highest BCUT2D eigenvalue weighted by Gasteiger charge is 2.24. The largest absolute Gasteiger partial charge is 0.493 e. The van der Waals surface area contributed by atoms with Crippen LogP contribution >= 0.6 is 0 Å². The van der Waals surface area contributed by atoms with Crippen molar-refractivity contribution in [1.82, 2.24) is 0 Å². The number of hydrogen-bond donors (Lipinski definition) is 0. The van der Waals surface area contributed by atoms with Crippen molar-refractivity contribution < 1.29 is 23.1 Å². The SMILES string of the molecule is COc1ccc2c(=O)oc3c(OC)cc(CC=O)c4c(=O)oc1c2c34. The van der Waals surface area contributed by atoms with Crippen LogP contribution in [0, 0.1) is 0 Å². The number of carbonyl (C=O) groups is 1. The Hall–Kier alpha value is -3.35. The molecule has 0 amide bonds. The Morgan fingerprint density at radius 2 is 1.60 bits per heavy atom. The van der Waals surface area contributed by atoms with Crippen LogP contribution in [-0.4, -0.2) is 20.5 Å². The Balaban J connectivity index is 2.42. The van der Waals surface area contributed by atoms with E-state index in [-0.39, 0.29) is 34.1 Å². The van der Waals surface area contributed by atoms with Crippen LogP contribution in [0.1, 0.15) is 5.56 Å². The monoisotopic (exact) mass is 340 g/mol. The molecule has 2 heterocycles. The van der Waals surface area contributed by atoms with Crippen molar-refractivity contribution in [2.24, 2.45) is 0 Å². The molecule has 0 aliphatic rings. The van der Waals surface area contributed by atoms with Crippen molar-refractivity contribution in [3.63, 3.8) is 0 Å². The van der Waals surface area contributed by atoms with Crippen LogP contribution in [0.3, 0.4) is 0 Å². The highest BCUT2D eigenvalue weighted by molar-refractivity contribution is 6.22. The molecule has 0 saturated carbocycles. The number of carbonyl (C=O) groups excluding carboxylic acids is 1. The maximum atomic E-state index is 12.6. The van der Waals surface area contributed by atoms with E-state index in [1.807, 2.05) is 0 Å². The summed E-state index contributed by atoms with van der Waals surface area (Å²) in [4.78, 5) is 36.0. The minimum absolute atomic E-state index is 0.00332. The molecule has 0 radical (unpaired) electrons. The lowest BCUT2D eigenvalue weighted by Gasteiger charge is -2.14. The molecular formula is C18H12O7. The van der Waals surface area contributed by atoms with Gasteiger partial charge in [0, 0.05) is 17.2 Å². The Morgan fingerprint density at radius 3 is 2.28 bits per heavy atom. The first-order valence-electron chi connectivity index (χ1n) is 7.44. The molecule has 2 aromatic carbocycles. The van der Waals surface area contributed by atoms with Crippen molar-refractivity contribution in [3.8, 4) is 11.5 Å². The molecule has 126 valence electrons. The molecular weight excluding hydrogens is 328 g/mol. The molecule has 0 bridgehead atoms. The van der Waals surface area contributed by atoms with Crippen LogP contribution in [0.15, 0.2) is 36.6 Å². The molecule has 0 unspecified atom stereocenters. The lowest BCUT2D eigenvalue weighted by Crippen LogP contribution is -2.10. The van der Waals surface area contributed by atoms with Gasteiger partial charge in [-0.1, -0.05) is 0 Å². The number of methoxy groups -OCH3 is 2. The molecule has 0 atom stereocenters. The van der Waals surface area contributed by atoms with E-state index in [1.54, 1.807) is 6.07 Å². The Kier molecular flexibility index (Phi) is 3.24. The van der Waals surface area contributed by atoms with Crippen LogP contribution in [0.5, 0.6) is 11.5 Å². The highest BCUT2D eigenvalue weighted by Crippen LogP contribution is 2.40. The average Bonchev–Trinajstić information content (AvgIpc) is 2.61. The Labute approximate surface area is 139 Å². The molecule has 0 aliphatic heterocycles. The second-order valence-electron chi connectivity index (χ2n) is 5.49. The second kappa shape index (κ2) is 5.34. The topological polar surface area (TPSA) is 96.0 Å². The maximum Gasteiger partial charge on any atom is 0.344 e. The molecule has 0 fully saturated rings. The van der Waals surface area contributed by atoms with Gasteiger partial charge in [0.1, 0.15) is 6.29 Å². The smallest absolute Gasteiger partial charge is 0.344 e. The minimum atomic E-state index is -0.642. The quantitative estimate of drug-likeness (QED) is 0.319. The van der Waals surface area contributed by atoms with Crippen LogP contribution in [0.2, 0.25) is 0 Å². The predicted octanol–water partition coefficient (Wildman–Crippen LogP) is 2.25. The first kappa shape index (κ1) is 15.2. The zero-order valence-electron chi connectivity index (χ0n) is 13.4. The van der Waals surface area contributed by atoms with Gasteiger partial charge in [-0.05, 0) is 23.8 Å². The summed E-state index contributed by atoms with van der Waals surface area (Å²) in [5, 5.41) is 1.24. The first-order valence-corrected chi connectivity index (χ1v) is 7.44. The van der Waals surface area contributed by atoms with E-state index in [1.165, 1.54) is 26.4 Å². The molecule has 25 heavy (non-hydrogen) atoms. The summed E-state index contributed by atoms with van der Waals surface area (Å²) in [6, 6.07) is 4.59. The normalized spacial score (nSPS) is 11.4. The molecule has 2 aromatic heterocycles. The molecule has 7 heteroatoms. The van der Waals surface area contributed by atoms with Gasteiger partial charge in [-0.3, -0.25) is 0 Å². The van der Waals surface area contributed by atoms with Crippen molar-refractivity contribution in [2.75, 3.05) is 14.2 Å². The summed E-state index contributed by atoms with van der Waals surface area (Å²) in [6.07, 6.45) is 0.679. The average molecular weight is 340 g/mol. The van der Waals surface area contributed by atoms with Crippen LogP contribution < -0.4 is 20.7 Å². The second-order valence-corrected chi connectivity index (χ2v) is 5.49. The van der Waals surface area contributed by atoms with Gasteiger partial charge in [-0.25, -0.2) is 9.59 Å². The highest BCUT2D eigenvalue weighted by atomic mass is 16.5. The standard InChI is InChI=1S/C18H12O7/c1-22-10-4-3-9-13-14-12(18(21)25-15(10)13)8(5-6-19)7-11(23-2)16(14)24-17(9)20/h3-4,6-7H,5H2,1-2H3. The fraction of sp³-hybridized carbons (Fsp3) is 0.167. The molecule has 0 aliphatic carbocycles. The van der Waals surface area contributed by atoms with Gasteiger partial charge in [0.05, 0.1) is 25.0 Å². The van der Waals surface area contributed by atoms with E-state index < -0.39 is 11.3 Å². The summed E-state index contributed by atoms with van der Waals surface area (Å²) in [5.41, 5.74) is -0.502. The van der Waals surface area contributed by atoms with Crippen LogP contribution in [0.25, 0.3) is 32.7 Å². The zero-order valence-corrected chi connectivity index (χ0v) is 13.4. The number of rotatable bonds is 4. The fourth-order valence-electron chi connectivity index (χ4n) is 3.20. The third-order valence-corrected chi connectivity index (χ3v) is 4.26. The molecule has 4 rings (SSSR count). The molecule has 0 N–H and O–H groups in total. The van der Waals surface area contributed by atoms with Gasteiger partial charge in [0.15, 0.2) is 22.7 Å². The van der Waals surface area contributed by atoms with E-state index in [0.717, 1.165) is 0 Å². The van der Waals surface area contributed by atoms with E-state index in [9.17, 15) is 14.4 Å². The van der Waals surface area contributed by atoms with Gasteiger partial charge in [-0.2, -0.15) is 0 Å². The summed E-state index contributed by atoms with van der Waals surface area (Å²) >= 11 is 0. The summed E-state index contributed by atoms with van der Waals surface area (Å²) in [6.45, 7) is 0. The van der Waals surface area contributed by atoms with Crippen molar-refractivity contribution in [1.29, 1.82) is 0 Å². The molecule has 0 spiro atoms. The van der Waals surface area contributed by atoms with E-state index >= 15 is 0 Å². The maximum absolute atomic E-state index is 12.6.